The molecular weight excluding hydrogens is 322 g/mol. The van der Waals surface area contributed by atoms with Crippen LogP contribution >= 0.6 is 11.6 Å². The Balaban J connectivity index is 1.58. The lowest BCUT2D eigenvalue weighted by molar-refractivity contribution is 0.976. The molecule has 118 valence electrons. The van der Waals surface area contributed by atoms with E-state index in [0.717, 1.165) is 27.4 Å². The zero-order valence-corrected chi connectivity index (χ0v) is 13.5. The van der Waals surface area contributed by atoms with Crippen molar-refractivity contribution < 1.29 is 0 Å². The molecule has 0 atom stereocenters. The van der Waals surface area contributed by atoms with Gasteiger partial charge in [-0.1, -0.05) is 35.9 Å². The van der Waals surface area contributed by atoms with Gasteiger partial charge in [0.2, 0.25) is 5.95 Å². The zero-order valence-electron chi connectivity index (χ0n) is 12.7. The largest absolute Gasteiger partial charge is 0.350 e. The molecule has 0 fully saturated rings. The quantitative estimate of drug-likeness (QED) is 0.610. The molecule has 0 radical (unpaired) electrons. The van der Waals surface area contributed by atoms with Gasteiger partial charge in [-0.2, -0.15) is 4.98 Å². The van der Waals surface area contributed by atoms with Crippen LogP contribution in [0.1, 0.15) is 5.56 Å². The van der Waals surface area contributed by atoms with Crippen molar-refractivity contribution in [1.29, 1.82) is 0 Å². The smallest absolute Gasteiger partial charge is 0.224 e. The van der Waals surface area contributed by atoms with E-state index in [1.807, 2.05) is 59.2 Å². The third-order valence-electron chi connectivity index (χ3n) is 3.71. The van der Waals surface area contributed by atoms with Crippen LogP contribution < -0.4 is 5.32 Å². The van der Waals surface area contributed by atoms with Gasteiger partial charge in [-0.3, -0.25) is 4.57 Å². The fraction of sp³-hybridized carbons (Fsp3) is 0.0556. The zero-order chi connectivity index (χ0) is 16.4. The average molecular weight is 336 g/mol. The number of para-hydroxylation sites is 2. The van der Waals surface area contributed by atoms with Gasteiger partial charge in [-0.05, 0) is 35.9 Å². The summed E-state index contributed by atoms with van der Waals surface area (Å²) in [6.45, 7) is 0.630. The van der Waals surface area contributed by atoms with Crippen LogP contribution in [0.25, 0.3) is 16.9 Å². The maximum atomic E-state index is 5.90. The highest BCUT2D eigenvalue weighted by molar-refractivity contribution is 6.30. The normalized spacial score (nSPS) is 10.9. The van der Waals surface area contributed by atoms with Gasteiger partial charge in [0, 0.05) is 17.8 Å². The van der Waals surface area contributed by atoms with Gasteiger partial charge in [-0.15, -0.1) is 0 Å². The molecule has 0 spiro atoms. The molecule has 0 saturated carbocycles. The van der Waals surface area contributed by atoms with Crippen molar-refractivity contribution in [2.45, 2.75) is 6.54 Å². The summed E-state index contributed by atoms with van der Waals surface area (Å²) in [5.41, 5.74) is 3.06. The average Bonchev–Trinajstić information content (AvgIpc) is 3.06. The van der Waals surface area contributed by atoms with Gasteiger partial charge in [0.05, 0.1) is 11.0 Å². The number of nitrogens with one attached hydrogen (secondary N) is 1. The lowest BCUT2D eigenvalue weighted by Crippen LogP contribution is -2.05. The second kappa shape index (κ2) is 6.29. The number of benzene rings is 2. The van der Waals surface area contributed by atoms with Crippen molar-refractivity contribution >= 4 is 28.6 Å². The molecule has 2 heterocycles. The van der Waals surface area contributed by atoms with Crippen LogP contribution in [0.5, 0.6) is 0 Å². The lowest BCUT2D eigenvalue weighted by Gasteiger charge is -2.08. The van der Waals surface area contributed by atoms with E-state index in [2.05, 4.69) is 20.3 Å². The fourth-order valence-corrected chi connectivity index (χ4v) is 2.62. The third-order valence-corrected chi connectivity index (χ3v) is 3.96. The van der Waals surface area contributed by atoms with Gasteiger partial charge in [0.1, 0.15) is 12.1 Å². The number of imidazole rings is 1. The van der Waals surface area contributed by atoms with E-state index in [0.29, 0.717) is 12.5 Å². The molecule has 0 bridgehead atoms. The second-order valence-electron chi connectivity index (χ2n) is 5.32. The van der Waals surface area contributed by atoms with Crippen LogP contribution in [0.2, 0.25) is 5.02 Å². The lowest BCUT2D eigenvalue weighted by atomic mass is 10.2. The van der Waals surface area contributed by atoms with Crippen molar-refractivity contribution in [2.24, 2.45) is 0 Å². The van der Waals surface area contributed by atoms with E-state index in [9.17, 15) is 0 Å². The van der Waals surface area contributed by atoms with Crippen molar-refractivity contribution in [3.05, 3.63) is 77.7 Å². The van der Waals surface area contributed by atoms with Crippen molar-refractivity contribution in [3.63, 3.8) is 0 Å². The standard InChI is InChI=1S/C18H14ClN5/c19-14-7-5-13(6-8-14)11-21-18-20-10-9-17(23-18)24-12-22-15-3-1-2-4-16(15)24/h1-10,12H,11H2,(H,20,21,23). The van der Waals surface area contributed by atoms with Crippen molar-refractivity contribution in [3.8, 4) is 5.82 Å². The Labute approximate surface area is 144 Å². The van der Waals surface area contributed by atoms with Gasteiger partial charge in [0.15, 0.2) is 0 Å². The minimum absolute atomic E-state index is 0.570. The number of hydrogen-bond donors (Lipinski definition) is 1. The minimum atomic E-state index is 0.570. The third kappa shape index (κ3) is 2.94. The monoisotopic (exact) mass is 335 g/mol. The summed E-state index contributed by atoms with van der Waals surface area (Å²) in [7, 11) is 0. The van der Waals surface area contributed by atoms with Crippen LogP contribution in [-0.4, -0.2) is 19.5 Å². The molecule has 0 aliphatic heterocycles. The second-order valence-corrected chi connectivity index (χ2v) is 5.76. The van der Waals surface area contributed by atoms with E-state index in [4.69, 9.17) is 11.6 Å². The molecule has 6 heteroatoms. The summed E-state index contributed by atoms with van der Waals surface area (Å²) in [4.78, 5) is 13.2. The van der Waals surface area contributed by atoms with Gasteiger partial charge >= 0.3 is 0 Å². The summed E-state index contributed by atoms with van der Waals surface area (Å²) in [6.07, 6.45) is 3.51. The summed E-state index contributed by atoms with van der Waals surface area (Å²) in [5, 5.41) is 3.96. The Morgan fingerprint density at radius 3 is 2.67 bits per heavy atom. The molecule has 2 aromatic carbocycles. The van der Waals surface area contributed by atoms with E-state index in [1.165, 1.54) is 0 Å². The highest BCUT2D eigenvalue weighted by atomic mass is 35.5. The van der Waals surface area contributed by atoms with E-state index >= 15 is 0 Å². The molecule has 24 heavy (non-hydrogen) atoms. The Hall–Kier alpha value is -2.92. The van der Waals surface area contributed by atoms with Gasteiger partial charge < -0.3 is 5.32 Å². The van der Waals surface area contributed by atoms with E-state index in [-0.39, 0.29) is 0 Å². The van der Waals surface area contributed by atoms with Gasteiger partial charge in [-0.25, -0.2) is 9.97 Å². The molecule has 2 aromatic heterocycles. The predicted molar refractivity (Wildman–Crippen MR) is 95.4 cm³/mol. The number of halogens is 1. The predicted octanol–water partition coefficient (Wildman–Crippen LogP) is 4.08. The number of aromatic nitrogens is 4. The molecule has 0 aliphatic carbocycles. The van der Waals surface area contributed by atoms with Crippen LogP contribution in [0.4, 0.5) is 5.95 Å². The molecular formula is C18H14ClN5. The van der Waals surface area contributed by atoms with E-state index < -0.39 is 0 Å². The summed E-state index contributed by atoms with van der Waals surface area (Å²) >= 11 is 5.90. The first-order valence-electron chi connectivity index (χ1n) is 7.53. The molecule has 0 amide bonds. The van der Waals surface area contributed by atoms with Crippen molar-refractivity contribution in [2.75, 3.05) is 5.32 Å². The van der Waals surface area contributed by atoms with Crippen LogP contribution in [-0.2, 0) is 6.54 Å². The number of anilines is 1. The SMILES string of the molecule is Clc1ccc(CNc2nccc(-n3cnc4ccccc43)n2)cc1. The number of hydrogen-bond acceptors (Lipinski definition) is 4. The number of fused-ring (bicyclic) bond motifs is 1. The van der Waals surface area contributed by atoms with Crippen LogP contribution in [0, 0.1) is 0 Å². The first-order chi connectivity index (χ1) is 11.8. The fourth-order valence-electron chi connectivity index (χ4n) is 2.49. The Bertz CT molecular complexity index is 978. The first kappa shape index (κ1) is 14.7. The molecule has 0 aliphatic rings. The summed E-state index contributed by atoms with van der Waals surface area (Å²) in [6, 6.07) is 17.5. The Kier molecular flexibility index (Phi) is 3.84. The first-order valence-corrected chi connectivity index (χ1v) is 7.91. The Morgan fingerprint density at radius 2 is 1.79 bits per heavy atom. The maximum absolute atomic E-state index is 5.90. The van der Waals surface area contributed by atoms with Crippen LogP contribution in [0.3, 0.4) is 0 Å². The van der Waals surface area contributed by atoms with E-state index in [1.54, 1.807) is 12.5 Å². The molecule has 0 saturated heterocycles. The molecule has 0 unspecified atom stereocenters. The van der Waals surface area contributed by atoms with Crippen LogP contribution in [0.15, 0.2) is 67.1 Å². The minimum Gasteiger partial charge on any atom is -0.350 e. The summed E-state index contributed by atoms with van der Waals surface area (Å²) < 4.78 is 1.95. The molecule has 4 aromatic rings. The number of rotatable bonds is 4. The molecule has 4 rings (SSSR count). The topological polar surface area (TPSA) is 55.6 Å². The molecule has 5 nitrogen and oxygen atoms in total. The highest BCUT2D eigenvalue weighted by Crippen LogP contribution is 2.17. The maximum Gasteiger partial charge on any atom is 0.224 e. The van der Waals surface area contributed by atoms with Gasteiger partial charge in [0.25, 0.3) is 0 Å². The Morgan fingerprint density at radius 1 is 0.958 bits per heavy atom. The molecule has 1 N–H and O–H groups in total. The van der Waals surface area contributed by atoms with Crippen molar-refractivity contribution in [1.82, 2.24) is 19.5 Å². The number of nitrogens with zero attached hydrogens (tertiary/aromatic N) is 4. The highest BCUT2D eigenvalue weighted by Gasteiger charge is 2.06. The summed E-state index contributed by atoms with van der Waals surface area (Å²) in [5.74, 6) is 1.34.